The maximum absolute atomic E-state index is 16.6. The lowest BCUT2D eigenvalue weighted by Gasteiger charge is -2.47. The van der Waals surface area contributed by atoms with Crippen molar-refractivity contribution in [3.8, 4) is 0 Å². The number of halogens is 3. The van der Waals surface area contributed by atoms with Crippen molar-refractivity contribution in [2.75, 3.05) is 24.5 Å². The minimum absolute atomic E-state index is 0.0958. The number of carbonyl (C=O) groups is 6. The Hall–Kier alpha value is -5.58. The Labute approximate surface area is 408 Å². The Morgan fingerprint density at radius 1 is 0.884 bits per heavy atom. The number of benzene rings is 3. The summed E-state index contributed by atoms with van der Waals surface area (Å²) in [6, 6.07) is 13.5. The van der Waals surface area contributed by atoms with Gasteiger partial charge in [0.1, 0.15) is 17.3 Å². The van der Waals surface area contributed by atoms with E-state index in [1.807, 2.05) is 23.1 Å². The van der Waals surface area contributed by atoms with Gasteiger partial charge in [0.2, 0.25) is 29.5 Å². The highest BCUT2D eigenvalue weighted by Gasteiger charge is 2.73. The van der Waals surface area contributed by atoms with Crippen LogP contribution in [0.3, 0.4) is 0 Å². The molecule has 18 heteroatoms. The Morgan fingerprint density at radius 3 is 2.33 bits per heavy atom. The van der Waals surface area contributed by atoms with E-state index in [1.54, 1.807) is 37.4 Å². The number of carbonyl (C=O) groups excluding carboxylic acids is 5. The summed E-state index contributed by atoms with van der Waals surface area (Å²) in [7, 11) is 1.68. The molecule has 4 aliphatic heterocycles. The lowest BCUT2D eigenvalue weighted by atomic mass is 9.55. The number of amides is 5. The molecular formula is C51H56Cl2FN7O8. The molecule has 10 rings (SSSR count). The molecular weight excluding hydrogens is 929 g/mol. The quantitative estimate of drug-likeness (QED) is 0.138. The number of aryl methyl sites for hydroxylation is 1. The third-order valence-corrected chi connectivity index (χ3v) is 17.0. The summed E-state index contributed by atoms with van der Waals surface area (Å²) >= 11 is 13.0. The van der Waals surface area contributed by atoms with Crippen LogP contribution in [0.2, 0.25) is 10.0 Å². The van der Waals surface area contributed by atoms with E-state index in [1.165, 1.54) is 20.1 Å². The molecule has 3 saturated heterocycles. The van der Waals surface area contributed by atoms with Gasteiger partial charge in [-0.3, -0.25) is 48.5 Å². The second-order valence-corrected chi connectivity index (χ2v) is 20.9. The fraction of sp³-hybridized carbons (Fsp3) is 0.510. The van der Waals surface area contributed by atoms with Crippen molar-refractivity contribution in [3.63, 3.8) is 0 Å². The van der Waals surface area contributed by atoms with Gasteiger partial charge >= 0.3 is 11.7 Å². The predicted molar refractivity (Wildman–Crippen MR) is 256 cm³/mol. The van der Waals surface area contributed by atoms with Crippen molar-refractivity contribution >= 4 is 75.4 Å². The lowest BCUT2D eigenvalue weighted by molar-refractivity contribution is -0.138. The van der Waals surface area contributed by atoms with Crippen molar-refractivity contribution < 1.29 is 38.3 Å². The van der Waals surface area contributed by atoms with Gasteiger partial charge in [-0.05, 0) is 111 Å². The number of nitrogens with zero attached hydrogens (tertiary/aromatic N) is 4. The van der Waals surface area contributed by atoms with Gasteiger partial charge in [-0.15, -0.1) is 0 Å². The van der Waals surface area contributed by atoms with E-state index in [0.29, 0.717) is 78.9 Å². The van der Waals surface area contributed by atoms with Gasteiger partial charge in [0.25, 0.3) is 0 Å². The summed E-state index contributed by atoms with van der Waals surface area (Å²) in [6.45, 7) is 1.02. The molecule has 1 unspecified atom stereocenters. The van der Waals surface area contributed by atoms with Gasteiger partial charge in [-0.25, -0.2) is 9.18 Å². The number of nitrogens with one attached hydrogen (secondary N) is 3. The first-order valence-electron chi connectivity index (χ1n) is 24.3. The predicted octanol–water partition coefficient (Wildman–Crippen LogP) is 6.36. The monoisotopic (exact) mass is 983 g/mol. The van der Waals surface area contributed by atoms with Crippen molar-refractivity contribution in [1.29, 1.82) is 0 Å². The highest BCUT2D eigenvalue weighted by atomic mass is 35.5. The van der Waals surface area contributed by atoms with Crippen LogP contribution in [0.4, 0.5) is 10.1 Å². The van der Waals surface area contributed by atoms with Crippen LogP contribution in [0.15, 0.2) is 59.4 Å². The van der Waals surface area contributed by atoms with Crippen LogP contribution in [-0.2, 0) is 41.2 Å². The number of hydrogen-bond donors (Lipinski definition) is 4. The van der Waals surface area contributed by atoms with E-state index < -0.39 is 52.6 Å². The molecule has 3 aromatic carbocycles. The van der Waals surface area contributed by atoms with E-state index in [2.05, 4.69) is 16.0 Å². The smallest absolute Gasteiger partial charge is 0.329 e. The highest BCUT2D eigenvalue weighted by molar-refractivity contribution is 6.31. The highest BCUT2D eigenvalue weighted by Crippen LogP contribution is 2.64. The molecule has 15 nitrogen and oxygen atoms in total. The molecule has 4 aromatic rings. The largest absolute Gasteiger partial charge is 0.481 e. The molecule has 4 N–H and O–H groups in total. The Balaban J connectivity index is 0.839. The fourth-order valence-electron chi connectivity index (χ4n) is 13.1. The number of aliphatic carboxylic acids is 1. The molecule has 2 saturated carbocycles. The molecule has 0 radical (unpaired) electrons. The number of hydrogen-bond acceptors (Lipinski definition) is 8. The zero-order valence-electron chi connectivity index (χ0n) is 38.4. The van der Waals surface area contributed by atoms with E-state index in [9.17, 15) is 33.9 Å². The Bertz CT molecular complexity index is 2840. The van der Waals surface area contributed by atoms with Gasteiger partial charge < -0.3 is 20.2 Å². The first-order valence-corrected chi connectivity index (χ1v) is 25.1. The molecule has 5 fully saturated rings. The van der Waals surface area contributed by atoms with Crippen LogP contribution >= 0.6 is 23.2 Å². The average Bonchev–Trinajstić information content (AvgIpc) is 3.87. The van der Waals surface area contributed by atoms with Crippen LogP contribution in [-0.4, -0.2) is 91.9 Å². The maximum atomic E-state index is 16.6. The molecule has 5 heterocycles. The summed E-state index contributed by atoms with van der Waals surface area (Å²) in [5, 5.41) is 19.3. The summed E-state index contributed by atoms with van der Waals surface area (Å²) in [5.41, 5.74) is 0.733. The number of anilines is 1. The molecule has 4 atom stereocenters. The van der Waals surface area contributed by atoms with E-state index in [-0.39, 0.29) is 77.7 Å². The van der Waals surface area contributed by atoms with Crippen molar-refractivity contribution in [1.82, 2.24) is 30.0 Å². The SMILES string of the molecule is Cn1c(=O)n(C2CCC(=O)NC2=O)c2ccc(C3CCN(C(=O)C4CCC(NC(=O)[C@@H]5NC6(CCCCC6)[C@@]6(C(=O)N(CCC(=O)O)c7cc(Cl)ccc76)[C@H]5c5cccc(Cl)c5F)CC4)CC3)cc21. The summed E-state index contributed by atoms with van der Waals surface area (Å²) in [5.74, 6) is -4.41. The van der Waals surface area contributed by atoms with E-state index >= 15 is 9.18 Å². The van der Waals surface area contributed by atoms with E-state index in [4.69, 9.17) is 23.2 Å². The Kier molecular flexibility index (Phi) is 12.5. The van der Waals surface area contributed by atoms with Gasteiger partial charge in [-0.2, -0.15) is 0 Å². The minimum Gasteiger partial charge on any atom is -0.481 e. The number of piperidine rings is 2. The van der Waals surface area contributed by atoms with Crippen LogP contribution in [0.5, 0.6) is 0 Å². The van der Waals surface area contributed by atoms with Crippen molar-refractivity contribution in [2.24, 2.45) is 13.0 Å². The number of likely N-dealkylation sites (tertiary alicyclic amines) is 1. The van der Waals surface area contributed by atoms with Crippen molar-refractivity contribution in [2.45, 2.75) is 131 Å². The summed E-state index contributed by atoms with van der Waals surface area (Å²) in [6.07, 6.45) is 7.32. The number of carboxylic acids is 1. The molecule has 1 aromatic heterocycles. The molecule has 0 bridgehead atoms. The molecule has 5 amide bonds. The Morgan fingerprint density at radius 2 is 1.62 bits per heavy atom. The number of aromatic nitrogens is 2. The van der Waals surface area contributed by atoms with Crippen LogP contribution < -0.4 is 26.5 Å². The van der Waals surface area contributed by atoms with Gasteiger partial charge in [-0.1, -0.05) is 66.7 Å². The second-order valence-electron chi connectivity index (χ2n) is 20.0. The van der Waals surface area contributed by atoms with Crippen LogP contribution in [0.25, 0.3) is 11.0 Å². The first kappa shape index (κ1) is 47.1. The third kappa shape index (κ3) is 7.85. The van der Waals surface area contributed by atoms with Crippen LogP contribution in [0.1, 0.15) is 124 Å². The lowest BCUT2D eigenvalue weighted by Crippen LogP contribution is -2.61. The normalized spacial score (nSPS) is 27.0. The molecule has 364 valence electrons. The first-order chi connectivity index (χ1) is 33.1. The standard InChI is InChI=1S/C51H56Cl2FN7O8/c1-58-39-26-30(10-15-36(39)61(49(58)69)37-16-17-40(62)56-45(37)65)28-18-23-59(24-19-28)47(67)29-8-12-32(13-9-29)55-46(66)44-42(33-6-5-7-35(53)43(33)54)51(50(57-44)21-3-2-4-22-50)34-14-11-31(52)27-38(34)60(48(51)68)25-20-41(63)64/h5-7,10-11,14-15,26-29,32,37,42,44,57H,2-4,8-9,12-13,16-25H2,1H3,(H,55,66)(H,63,64)(H,56,62,65)/t29?,32?,37?,42-,44+,51+/m0/s1. The average molecular weight is 985 g/mol. The van der Waals surface area contributed by atoms with Crippen LogP contribution in [0, 0.1) is 11.7 Å². The fourth-order valence-corrected chi connectivity index (χ4v) is 13.5. The number of imide groups is 1. The topological polar surface area (TPSA) is 192 Å². The minimum atomic E-state index is -1.51. The number of rotatable bonds is 9. The number of carboxylic acid groups (broad SMARTS) is 1. The van der Waals surface area contributed by atoms with Gasteiger partial charge in [0, 0.05) is 67.2 Å². The van der Waals surface area contributed by atoms with E-state index in [0.717, 1.165) is 37.7 Å². The molecule has 2 spiro atoms. The third-order valence-electron chi connectivity index (χ3n) is 16.4. The molecule has 69 heavy (non-hydrogen) atoms. The zero-order chi connectivity index (χ0) is 48.5. The second kappa shape index (κ2) is 18.3. The zero-order valence-corrected chi connectivity index (χ0v) is 39.9. The maximum Gasteiger partial charge on any atom is 0.329 e. The van der Waals surface area contributed by atoms with Gasteiger partial charge in [0.05, 0.1) is 28.5 Å². The molecule has 2 aliphatic carbocycles. The summed E-state index contributed by atoms with van der Waals surface area (Å²) < 4.78 is 19.6. The van der Waals surface area contributed by atoms with Crippen molar-refractivity contribution in [3.05, 3.63) is 97.6 Å². The number of fused-ring (bicyclic) bond motifs is 4. The summed E-state index contributed by atoms with van der Waals surface area (Å²) in [4.78, 5) is 97.6. The van der Waals surface area contributed by atoms with Gasteiger partial charge in [0.15, 0.2) is 0 Å². The number of imidazole rings is 1. The molecule has 6 aliphatic rings.